The van der Waals surface area contributed by atoms with E-state index in [1.165, 1.54) is 4.57 Å². The van der Waals surface area contributed by atoms with Crippen molar-refractivity contribution in [2.24, 2.45) is 0 Å². The number of hydrogen-bond donors (Lipinski definition) is 0. The Morgan fingerprint density at radius 3 is 1.87 bits per heavy atom. The monoisotopic (exact) mass is 597 g/mol. The van der Waals surface area contributed by atoms with Crippen LogP contribution in [0.3, 0.4) is 0 Å². The number of hydrogen-bond acceptors (Lipinski definition) is 2. The Kier molecular flexibility index (Phi) is 6.09. The van der Waals surface area contributed by atoms with Gasteiger partial charge >= 0.3 is 0 Å². The number of benzene rings is 3. The van der Waals surface area contributed by atoms with Crippen molar-refractivity contribution in [2.45, 2.75) is 0 Å². The van der Waals surface area contributed by atoms with E-state index in [0.717, 1.165) is 0 Å². The van der Waals surface area contributed by atoms with Crippen molar-refractivity contribution in [3.8, 4) is 28.5 Å². The summed E-state index contributed by atoms with van der Waals surface area (Å²) in [5.41, 5.74) is -0.0923. The topological polar surface area (TPSA) is 30.7 Å². The SMILES string of the molecule is Fc1[c-]c(-c2nnc(-c3cc(F)c(F)c(F)c3)n2-c2ccccc2)cc(F)c1F.[Ir]. The van der Waals surface area contributed by atoms with E-state index in [1.54, 1.807) is 30.3 Å². The van der Waals surface area contributed by atoms with Crippen molar-refractivity contribution >= 4 is 0 Å². The average molecular weight is 597 g/mol. The zero-order valence-corrected chi connectivity index (χ0v) is 17.0. The normalized spacial score (nSPS) is 10.7. The standard InChI is InChI=1S/C20H8F6N3.Ir/c21-13-6-10(7-14(22)17(13)25)19-27-28-20(29(19)12-4-2-1-3-5-12)11-8-15(23)18(26)16(24)9-11;/h1-8H;/q-1;. The van der Waals surface area contributed by atoms with E-state index in [4.69, 9.17) is 0 Å². The molecule has 0 fully saturated rings. The Morgan fingerprint density at radius 2 is 1.27 bits per heavy atom. The van der Waals surface area contributed by atoms with Gasteiger partial charge in [-0.3, -0.25) is 4.39 Å². The van der Waals surface area contributed by atoms with E-state index < -0.39 is 34.9 Å². The van der Waals surface area contributed by atoms with Gasteiger partial charge in [0.05, 0.1) is 17.5 Å². The van der Waals surface area contributed by atoms with E-state index in [-0.39, 0.29) is 42.9 Å². The number of halogens is 6. The second-order valence-corrected chi connectivity index (χ2v) is 5.93. The van der Waals surface area contributed by atoms with E-state index in [0.29, 0.717) is 23.9 Å². The van der Waals surface area contributed by atoms with Gasteiger partial charge in [0.1, 0.15) is 5.82 Å². The first-order valence-corrected chi connectivity index (χ1v) is 8.09. The third-order valence-electron chi connectivity index (χ3n) is 4.08. The van der Waals surface area contributed by atoms with Gasteiger partial charge in [0, 0.05) is 31.4 Å². The van der Waals surface area contributed by atoms with Crippen molar-refractivity contribution in [3.05, 3.63) is 89.5 Å². The molecule has 0 amide bonds. The van der Waals surface area contributed by atoms with Crippen LogP contribution in [-0.4, -0.2) is 14.8 Å². The van der Waals surface area contributed by atoms with Crippen molar-refractivity contribution in [1.82, 2.24) is 14.8 Å². The first kappa shape index (κ1) is 21.7. The molecular weight excluding hydrogens is 588 g/mol. The molecule has 0 N–H and O–H groups in total. The predicted molar refractivity (Wildman–Crippen MR) is 90.8 cm³/mol. The minimum absolute atomic E-state index is 0. The van der Waals surface area contributed by atoms with Crippen LogP contribution in [0.15, 0.2) is 48.5 Å². The number of rotatable bonds is 3. The van der Waals surface area contributed by atoms with E-state index >= 15 is 0 Å². The van der Waals surface area contributed by atoms with Crippen molar-refractivity contribution in [3.63, 3.8) is 0 Å². The van der Waals surface area contributed by atoms with Crippen LogP contribution in [0.1, 0.15) is 0 Å². The van der Waals surface area contributed by atoms with Gasteiger partial charge in [0.25, 0.3) is 0 Å². The molecule has 0 aliphatic carbocycles. The van der Waals surface area contributed by atoms with Crippen molar-refractivity contribution < 1.29 is 46.4 Å². The van der Waals surface area contributed by atoms with Crippen LogP contribution < -0.4 is 0 Å². The third kappa shape index (κ3) is 3.76. The van der Waals surface area contributed by atoms with Gasteiger partial charge in [-0.15, -0.1) is 16.7 Å². The summed E-state index contributed by atoms with van der Waals surface area (Å²) in [6.45, 7) is 0. The number of para-hydroxylation sites is 1. The van der Waals surface area contributed by atoms with Gasteiger partial charge in [-0.25, -0.2) is 22.0 Å². The fourth-order valence-electron chi connectivity index (χ4n) is 2.78. The molecule has 3 aromatic carbocycles. The number of aromatic nitrogens is 3. The van der Waals surface area contributed by atoms with Gasteiger partial charge in [0.15, 0.2) is 23.3 Å². The second-order valence-electron chi connectivity index (χ2n) is 5.93. The average Bonchev–Trinajstić information content (AvgIpc) is 3.15. The maximum atomic E-state index is 13.7. The minimum atomic E-state index is -1.71. The van der Waals surface area contributed by atoms with Crippen LogP contribution in [0.4, 0.5) is 26.3 Å². The van der Waals surface area contributed by atoms with Crippen molar-refractivity contribution in [2.75, 3.05) is 0 Å². The summed E-state index contributed by atoms with van der Waals surface area (Å²) in [4.78, 5) is 0. The molecule has 0 aliphatic rings. The Morgan fingerprint density at radius 1 is 0.700 bits per heavy atom. The summed E-state index contributed by atoms with van der Waals surface area (Å²) >= 11 is 0. The summed E-state index contributed by atoms with van der Waals surface area (Å²) in [5, 5.41) is 7.65. The maximum absolute atomic E-state index is 13.7. The molecule has 1 radical (unpaired) electrons. The molecule has 0 atom stereocenters. The Bertz CT molecular complexity index is 1110. The molecular formula is C20H8F6IrN3-. The molecule has 30 heavy (non-hydrogen) atoms. The van der Waals surface area contributed by atoms with Crippen LogP contribution in [0, 0.1) is 41.0 Å². The predicted octanol–water partition coefficient (Wildman–Crippen LogP) is 5.23. The zero-order chi connectivity index (χ0) is 20.7. The van der Waals surface area contributed by atoms with Crippen LogP contribution in [0.25, 0.3) is 28.5 Å². The fourth-order valence-corrected chi connectivity index (χ4v) is 2.78. The van der Waals surface area contributed by atoms with E-state index in [9.17, 15) is 26.3 Å². The molecule has 155 valence electrons. The quantitative estimate of drug-likeness (QED) is 0.184. The zero-order valence-electron chi connectivity index (χ0n) is 14.6. The molecule has 1 heterocycles. The summed E-state index contributed by atoms with van der Waals surface area (Å²) in [6.07, 6.45) is 0. The van der Waals surface area contributed by atoms with Crippen LogP contribution in [0.5, 0.6) is 0 Å². The van der Waals surface area contributed by atoms with Crippen molar-refractivity contribution in [1.29, 1.82) is 0 Å². The molecule has 1 aromatic heterocycles. The Balaban J connectivity index is 0.00000256. The first-order valence-electron chi connectivity index (χ1n) is 8.09. The molecule has 3 nitrogen and oxygen atoms in total. The third-order valence-corrected chi connectivity index (χ3v) is 4.08. The van der Waals surface area contributed by atoms with Crippen LogP contribution in [0.2, 0.25) is 0 Å². The Labute approximate surface area is 179 Å². The molecule has 0 saturated heterocycles. The van der Waals surface area contributed by atoms with Crippen LogP contribution in [-0.2, 0) is 20.1 Å². The summed E-state index contributed by atoms with van der Waals surface area (Å²) < 4.78 is 82.7. The van der Waals surface area contributed by atoms with Crippen LogP contribution >= 0.6 is 0 Å². The maximum Gasteiger partial charge on any atom is 0.194 e. The van der Waals surface area contributed by atoms with Gasteiger partial charge in [-0.05, 0) is 24.3 Å². The fraction of sp³-hybridized carbons (Fsp3) is 0. The van der Waals surface area contributed by atoms with Gasteiger partial charge in [0.2, 0.25) is 0 Å². The molecule has 4 aromatic rings. The second kappa shape index (κ2) is 8.41. The number of nitrogens with zero attached hydrogens (tertiary/aromatic N) is 3. The molecule has 0 aliphatic heterocycles. The molecule has 0 bridgehead atoms. The van der Waals surface area contributed by atoms with Gasteiger partial charge in [-0.1, -0.05) is 24.3 Å². The molecule has 0 unspecified atom stereocenters. The Hall–Kier alpha value is -2.97. The molecule has 10 heteroatoms. The minimum Gasteiger partial charge on any atom is -0.316 e. The largest absolute Gasteiger partial charge is 0.316 e. The molecule has 4 rings (SSSR count). The summed E-state index contributed by atoms with van der Waals surface area (Å²) in [7, 11) is 0. The van der Waals surface area contributed by atoms with Gasteiger partial charge in [-0.2, -0.15) is 5.10 Å². The van der Waals surface area contributed by atoms with E-state index in [1.807, 2.05) is 6.07 Å². The summed E-state index contributed by atoms with van der Waals surface area (Å²) in [6, 6.07) is 12.2. The molecule has 0 saturated carbocycles. The van der Waals surface area contributed by atoms with E-state index in [2.05, 4.69) is 10.2 Å². The summed E-state index contributed by atoms with van der Waals surface area (Å²) in [5.74, 6) is -9.61. The molecule has 0 spiro atoms. The smallest absolute Gasteiger partial charge is 0.194 e. The first-order chi connectivity index (χ1) is 13.9. The van der Waals surface area contributed by atoms with Gasteiger partial charge < -0.3 is 4.57 Å².